The molecule has 6 nitrogen and oxygen atoms in total. The van der Waals surface area contributed by atoms with Crippen molar-refractivity contribution in [2.75, 3.05) is 7.05 Å². The van der Waals surface area contributed by atoms with Crippen molar-refractivity contribution in [3.05, 3.63) is 65.1 Å². The number of hydrogen-bond donors (Lipinski definition) is 2. The van der Waals surface area contributed by atoms with E-state index in [0.29, 0.717) is 16.8 Å². The van der Waals surface area contributed by atoms with E-state index < -0.39 is 28.7 Å². The maximum absolute atomic E-state index is 13.5. The molecule has 28 heavy (non-hydrogen) atoms. The minimum absolute atomic E-state index is 0.00466. The average Bonchev–Trinajstić information content (AvgIpc) is 3.12. The molecule has 3 aromatic rings. The van der Waals surface area contributed by atoms with Gasteiger partial charge < -0.3 is 4.98 Å². The van der Waals surface area contributed by atoms with Gasteiger partial charge in [0.1, 0.15) is 10.8 Å². The summed E-state index contributed by atoms with van der Waals surface area (Å²) >= 11 is 5.93. The van der Waals surface area contributed by atoms with Crippen LogP contribution in [0.3, 0.4) is 0 Å². The van der Waals surface area contributed by atoms with Crippen LogP contribution in [0.1, 0.15) is 12.0 Å². The topological polar surface area (TPSA) is 82.3 Å². The Morgan fingerprint density at radius 1 is 1.21 bits per heavy atom. The first-order valence-corrected chi connectivity index (χ1v) is 9.89. The van der Waals surface area contributed by atoms with Gasteiger partial charge in [0, 0.05) is 25.1 Å². The largest absolute Gasteiger partial charge is 0.360 e. The maximum atomic E-state index is 13.5. The summed E-state index contributed by atoms with van der Waals surface area (Å²) in [4.78, 5) is 28.7. The molecule has 3 amide bonds. The van der Waals surface area contributed by atoms with Crippen LogP contribution in [-0.2, 0) is 22.2 Å². The zero-order chi connectivity index (χ0) is 20.3. The molecule has 0 saturated heterocycles. The molecule has 9 heteroatoms. The molecule has 0 aliphatic rings. The second kappa shape index (κ2) is 8.53. The number of aromatic amines is 1. The van der Waals surface area contributed by atoms with Crippen LogP contribution in [0, 0.1) is 5.82 Å². The number of benzene rings is 2. The Morgan fingerprint density at radius 3 is 2.64 bits per heavy atom. The van der Waals surface area contributed by atoms with Crippen molar-refractivity contribution in [3.63, 3.8) is 0 Å². The molecule has 0 bridgehead atoms. The van der Waals surface area contributed by atoms with Gasteiger partial charge in [-0.1, -0.05) is 29.8 Å². The number of imide groups is 1. The Balaban J connectivity index is 1.61. The predicted molar refractivity (Wildman–Crippen MR) is 106 cm³/mol. The molecular formula is C19H17ClFN3O3S. The van der Waals surface area contributed by atoms with Gasteiger partial charge in [0.05, 0.1) is 10.4 Å². The number of carbonyl (C=O) groups excluding carboxylic acids is 2. The number of halogens is 2. The van der Waals surface area contributed by atoms with Gasteiger partial charge in [-0.25, -0.2) is 13.4 Å². The highest BCUT2D eigenvalue weighted by Crippen LogP contribution is 2.28. The summed E-state index contributed by atoms with van der Waals surface area (Å²) in [5, 5.41) is 0.714. The van der Waals surface area contributed by atoms with Crippen molar-refractivity contribution in [2.45, 2.75) is 17.7 Å². The number of nitrogens with zero attached hydrogens (tertiary/aromatic N) is 1. The third-order valence-corrected chi connectivity index (χ3v) is 5.69. The third kappa shape index (κ3) is 4.23. The van der Waals surface area contributed by atoms with Crippen molar-refractivity contribution in [2.24, 2.45) is 0 Å². The Hall–Kier alpha value is -2.71. The highest BCUT2D eigenvalue weighted by atomic mass is 35.5. The van der Waals surface area contributed by atoms with E-state index >= 15 is 0 Å². The van der Waals surface area contributed by atoms with Gasteiger partial charge in [-0.3, -0.25) is 14.4 Å². The number of amides is 3. The number of aromatic nitrogens is 1. The Bertz CT molecular complexity index is 1060. The molecular weight excluding hydrogens is 405 g/mol. The van der Waals surface area contributed by atoms with Crippen LogP contribution in [0.5, 0.6) is 0 Å². The van der Waals surface area contributed by atoms with E-state index in [1.807, 2.05) is 0 Å². The lowest BCUT2D eigenvalue weighted by molar-refractivity contribution is -0.127. The van der Waals surface area contributed by atoms with Gasteiger partial charge in [0.2, 0.25) is 5.91 Å². The molecule has 0 spiro atoms. The van der Waals surface area contributed by atoms with Gasteiger partial charge in [0.25, 0.3) is 0 Å². The number of H-pyrrole nitrogens is 1. The Kier molecular flexibility index (Phi) is 6.11. The van der Waals surface area contributed by atoms with Gasteiger partial charge in [-0.05, 0) is 36.2 Å². The van der Waals surface area contributed by atoms with Crippen LogP contribution in [0.2, 0.25) is 5.02 Å². The molecule has 146 valence electrons. The van der Waals surface area contributed by atoms with E-state index in [9.17, 15) is 18.2 Å². The monoisotopic (exact) mass is 421 g/mol. The van der Waals surface area contributed by atoms with E-state index in [1.165, 1.54) is 13.1 Å². The van der Waals surface area contributed by atoms with Crippen LogP contribution in [0.4, 0.5) is 9.18 Å². The zero-order valence-electron chi connectivity index (χ0n) is 14.9. The van der Waals surface area contributed by atoms with Crippen molar-refractivity contribution in [1.29, 1.82) is 0 Å². The number of hydrogen-bond acceptors (Lipinski definition) is 3. The van der Waals surface area contributed by atoms with E-state index in [4.69, 9.17) is 11.6 Å². The van der Waals surface area contributed by atoms with Crippen LogP contribution >= 0.6 is 11.6 Å². The lowest BCUT2D eigenvalue weighted by Crippen LogP contribution is -2.41. The molecule has 0 aliphatic carbocycles. The van der Waals surface area contributed by atoms with E-state index in [0.717, 1.165) is 15.8 Å². The van der Waals surface area contributed by atoms with Gasteiger partial charge in [-0.15, -0.1) is 0 Å². The Labute approximate surface area is 168 Å². The minimum atomic E-state index is -1.76. The second-order valence-corrected chi connectivity index (χ2v) is 7.63. The average molecular weight is 422 g/mol. The third-order valence-electron chi connectivity index (χ3n) is 4.26. The first-order chi connectivity index (χ1) is 13.4. The van der Waals surface area contributed by atoms with Crippen molar-refractivity contribution < 1.29 is 18.2 Å². The van der Waals surface area contributed by atoms with Crippen molar-refractivity contribution in [1.82, 2.24) is 14.6 Å². The number of nitrogens with one attached hydrogen (secondary N) is 2. The number of urea groups is 1. The van der Waals surface area contributed by atoms with Crippen LogP contribution in [0.15, 0.2) is 53.6 Å². The SMILES string of the molecule is CN(C(=O)CCc1c[nH]c2c(Cl)c(F)ccc12)C(=O)NS(=O)c1ccccc1. The van der Waals surface area contributed by atoms with Crippen molar-refractivity contribution in [3.8, 4) is 0 Å². The molecule has 1 atom stereocenters. The van der Waals surface area contributed by atoms with Gasteiger partial charge in [-0.2, -0.15) is 0 Å². The highest BCUT2D eigenvalue weighted by molar-refractivity contribution is 7.83. The van der Waals surface area contributed by atoms with Gasteiger partial charge >= 0.3 is 6.03 Å². The summed E-state index contributed by atoms with van der Waals surface area (Å²) < 4.78 is 27.9. The summed E-state index contributed by atoms with van der Waals surface area (Å²) in [6.45, 7) is 0. The fourth-order valence-corrected chi connectivity index (χ4v) is 3.71. The highest BCUT2D eigenvalue weighted by Gasteiger charge is 2.20. The van der Waals surface area contributed by atoms with Crippen LogP contribution < -0.4 is 4.72 Å². The molecule has 0 radical (unpaired) electrons. The molecule has 1 unspecified atom stereocenters. The first kappa shape index (κ1) is 20.0. The van der Waals surface area contributed by atoms with Crippen LogP contribution in [0.25, 0.3) is 10.9 Å². The molecule has 2 aromatic carbocycles. The molecule has 2 N–H and O–H groups in total. The summed E-state index contributed by atoms with van der Waals surface area (Å²) in [5.41, 5.74) is 1.25. The number of carbonyl (C=O) groups is 2. The zero-order valence-corrected chi connectivity index (χ0v) is 16.4. The lowest BCUT2D eigenvalue weighted by atomic mass is 10.1. The summed E-state index contributed by atoms with van der Waals surface area (Å²) in [7, 11) is -0.435. The van der Waals surface area contributed by atoms with Crippen LogP contribution in [-0.4, -0.2) is 33.1 Å². The molecule has 0 aliphatic heterocycles. The van der Waals surface area contributed by atoms with Crippen molar-refractivity contribution >= 4 is 45.4 Å². The Morgan fingerprint density at radius 2 is 1.93 bits per heavy atom. The van der Waals surface area contributed by atoms with E-state index in [-0.39, 0.29) is 11.4 Å². The maximum Gasteiger partial charge on any atom is 0.335 e. The van der Waals surface area contributed by atoms with E-state index in [1.54, 1.807) is 42.6 Å². The fourth-order valence-electron chi connectivity index (χ4n) is 2.68. The molecule has 3 rings (SSSR count). The molecule has 0 fully saturated rings. The predicted octanol–water partition coefficient (Wildman–Crippen LogP) is 3.78. The normalized spacial score (nSPS) is 12.0. The minimum Gasteiger partial charge on any atom is -0.360 e. The molecule has 0 saturated carbocycles. The summed E-state index contributed by atoms with van der Waals surface area (Å²) in [6.07, 6.45) is 2.04. The standard InChI is InChI=1S/C19H17ClFN3O3S/c1-24(19(26)23-28(27)13-5-3-2-4-6-13)16(25)10-7-12-11-22-18-14(12)8-9-15(21)17(18)20/h2-6,8-9,11,22H,7,10H2,1H3,(H,23,26). The number of rotatable bonds is 5. The number of aryl methyl sites for hydroxylation is 1. The van der Waals surface area contributed by atoms with Gasteiger partial charge in [0.15, 0.2) is 11.0 Å². The fraction of sp³-hybridized carbons (Fsp3) is 0.158. The quantitative estimate of drug-likeness (QED) is 0.657. The second-order valence-electron chi connectivity index (χ2n) is 6.04. The number of fused-ring (bicyclic) bond motifs is 1. The summed E-state index contributed by atoms with van der Waals surface area (Å²) in [5.74, 6) is -0.966. The first-order valence-electron chi connectivity index (χ1n) is 8.36. The van der Waals surface area contributed by atoms with E-state index in [2.05, 4.69) is 9.71 Å². The lowest BCUT2D eigenvalue weighted by Gasteiger charge is -2.15. The molecule has 1 aromatic heterocycles. The smallest absolute Gasteiger partial charge is 0.335 e. The molecule has 1 heterocycles. The summed E-state index contributed by atoms with van der Waals surface area (Å²) in [6, 6.07) is 10.5.